The molecule has 0 spiro atoms. The van der Waals surface area contributed by atoms with E-state index >= 15 is 0 Å². The monoisotopic (exact) mass is 339 g/mol. The lowest BCUT2D eigenvalue weighted by atomic mass is 10.1. The Morgan fingerprint density at radius 3 is 2.56 bits per heavy atom. The maximum absolute atomic E-state index is 12.4. The van der Waals surface area contributed by atoms with E-state index in [1.165, 1.54) is 0 Å². The summed E-state index contributed by atoms with van der Waals surface area (Å²) in [6, 6.07) is 11.1. The second kappa shape index (κ2) is 6.94. The number of aliphatic hydroxyl groups is 1. The van der Waals surface area contributed by atoms with E-state index in [-0.39, 0.29) is 12.5 Å². The minimum absolute atomic E-state index is 0.132. The maximum Gasteiger partial charge on any atom is 0.255 e. The average molecular weight is 339 g/mol. The molecule has 1 atom stereocenters. The zero-order chi connectivity index (χ0) is 18.0. The van der Waals surface area contributed by atoms with E-state index in [1.54, 1.807) is 24.9 Å². The van der Waals surface area contributed by atoms with Crippen LogP contribution >= 0.6 is 0 Å². The molecule has 0 aliphatic carbocycles. The van der Waals surface area contributed by atoms with Gasteiger partial charge in [0.25, 0.3) is 5.91 Å². The van der Waals surface area contributed by atoms with Gasteiger partial charge in [0.1, 0.15) is 5.76 Å². The zero-order valence-corrected chi connectivity index (χ0v) is 14.5. The Kier molecular flexibility index (Phi) is 4.72. The van der Waals surface area contributed by atoms with Crippen LogP contribution in [0.5, 0.6) is 0 Å². The van der Waals surface area contributed by atoms with Gasteiger partial charge in [-0.3, -0.25) is 9.48 Å². The molecule has 2 heterocycles. The topological polar surface area (TPSA) is 80.3 Å². The molecule has 6 heteroatoms. The standard InChI is InChI=1S/C19H21N3O3/c1-12-18(13(2)22(3)21-12)19(24)20-11-16(23)14-6-8-15(9-7-14)17-5-4-10-25-17/h4-10,16,23H,11H2,1-3H3,(H,20,24). The number of aromatic nitrogens is 2. The highest BCUT2D eigenvalue weighted by Gasteiger charge is 2.18. The summed E-state index contributed by atoms with van der Waals surface area (Å²) in [5.74, 6) is 0.547. The largest absolute Gasteiger partial charge is 0.464 e. The molecule has 1 aromatic carbocycles. The highest BCUT2D eigenvalue weighted by molar-refractivity contribution is 5.96. The fraction of sp³-hybridized carbons (Fsp3) is 0.263. The zero-order valence-electron chi connectivity index (χ0n) is 14.5. The molecule has 0 aliphatic rings. The smallest absolute Gasteiger partial charge is 0.255 e. The van der Waals surface area contributed by atoms with Crippen molar-refractivity contribution in [3.05, 3.63) is 65.2 Å². The Bertz CT molecular complexity index is 864. The normalized spacial score (nSPS) is 12.2. The van der Waals surface area contributed by atoms with Crippen LogP contribution in [0.2, 0.25) is 0 Å². The van der Waals surface area contributed by atoms with Gasteiger partial charge in [0.15, 0.2) is 0 Å². The molecule has 0 aliphatic heterocycles. The van der Waals surface area contributed by atoms with E-state index in [0.717, 1.165) is 22.6 Å². The second-order valence-corrected chi connectivity index (χ2v) is 5.99. The van der Waals surface area contributed by atoms with Crippen LogP contribution in [0.25, 0.3) is 11.3 Å². The molecule has 1 amide bonds. The van der Waals surface area contributed by atoms with Gasteiger partial charge in [-0.1, -0.05) is 24.3 Å². The van der Waals surface area contributed by atoms with E-state index in [4.69, 9.17) is 4.42 Å². The molecule has 3 rings (SSSR count). The van der Waals surface area contributed by atoms with Crippen molar-refractivity contribution in [2.75, 3.05) is 6.54 Å². The average Bonchev–Trinajstić information content (AvgIpc) is 3.22. The van der Waals surface area contributed by atoms with E-state index in [0.29, 0.717) is 11.3 Å². The number of amides is 1. The summed E-state index contributed by atoms with van der Waals surface area (Å²) < 4.78 is 7.02. The molecule has 0 saturated carbocycles. The van der Waals surface area contributed by atoms with Gasteiger partial charge in [-0.05, 0) is 31.5 Å². The summed E-state index contributed by atoms with van der Waals surface area (Å²) in [7, 11) is 1.80. The van der Waals surface area contributed by atoms with E-state index < -0.39 is 6.10 Å². The summed E-state index contributed by atoms with van der Waals surface area (Å²) in [6.07, 6.45) is 0.836. The Balaban J connectivity index is 1.64. The van der Waals surface area contributed by atoms with Crippen LogP contribution in [-0.2, 0) is 7.05 Å². The van der Waals surface area contributed by atoms with Gasteiger partial charge in [0.2, 0.25) is 0 Å². The Morgan fingerprint density at radius 1 is 1.28 bits per heavy atom. The first kappa shape index (κ1) is 17.0. The number of carbonyl (C=O) groups is 1. The Labute approximate surface area is 146 Å². The highest BCUT2D eigenvalue weighted by Crippen LogP contribution is 2.22. The molecule has 2 aromatic heterocycles. The van der Waals surface area contributed by atoms with Crippen molar-refractivity contribution in [3.8, 4) is 11.3 Å². The fourth-order valence-electron chi connectivity index (χ4n) is 2.81. The van der Waals surface area contributed by atoms with Crippen LogP contribution in [-0.4, -0.2) is 27.3 Å². The van der Waals surface area contributed by atoms with Gasteiger partial charge >= 0.3 is 0 Å². The molecule has 130 valence electrons. The molecule has 25 heavy (non-hydrogen) atoms. The summed E-state index contributed by atoms with van der Waals surface area (Å²) in [6.45, 7) is 3.77. The summed E-state index contributed by atoms with van der Waals surface area (Å²) in [4.78, 5) is 12.4. The molecule has 1 unspecified atom stereocenters. The van der Waals surface area contributed by atoms with Crippen LogP contribution < -0.4 is 5.32 Å². The minimum atomic E-state index is -0.785. The summed E-state index contributed by atoms with van der Waals surface area (Å²) >= 11 is 0. The number of benzene rings is 1. The SMILES string of the molecule is Cc1nn(C)c(C)c1C(=O)NCC(O)c1ccc(-c2ccco2)cc1. The van der Waals surface area contributed by atoms with Gasteiger partial charge in [0, 0.05) is 24.8 Å². The number of aliphatic hydroxyl groups excluding tert-OH is 1. The lowest BCUT2D eigenvalue weighted by molar-refractivity contribution is 0.0915. The molecule has 0 bridgehead atoms. The van der Waals surface area contributed by atoms with Gasteiger partial charge in [-0.25, -0.2) is 0 Å². The third kappa shape index (κ3) is 3.49. The first-order valence-corrected chi connectivity index (χ1v) is 8.07. The first-order chi connectivity index (χ1) is 12.0. The first-order valence-electron chi connectivity index (χ1n) is 8.07. The van der Waals surface area contributed by atoms with Crippen molar-refractivity contribution in [3.63, 3.8) is 0 Å². The predicted octanol–water partition coefficient (Wildman–Crippen LogP) is 2.76. The van der Waals surface area contributed by atoms with Crippen LogP contribution in [0.3, 0.4) is 0 Å². The lowest BCUT2D eigenvalue weighted by Gasteiger charge is -2.13. The molecule has 0 radical (unpaired) electrons. The number of hydrogen-bond acceptors (Lipinski definition) is 4. The number of nitrogens with zero attached hydrogens (tertiary/aromatic N) is 2. The number of carbonyl (C=O) groups excluding carboxylic acids is 1. The molecule has 6 nitrogen and oxygen atoms in total. The van der Waals surface area contributed by atoms with E-state index in [2.05, 4.69) is 10.4 Å². The molecule has 3 aromatic rings. The van der Waals surface area contributed by atoms with Gasteiger partial charge in [-0.2, -0.15) is 5.10 Å². The van der Waals surface area contributed by atoms with Crippen molar-refractivity contribution >= 4 is 5.91 Å². The van der Waals surface area contributed by atoms with E-state index in [9.17, 15) is 9.90 Å². The van der Waals surface area contributed by atoms with Crippen LogP contribution in [0, 0.1) is 13.8 Å². The third-order valence-corrected chi connectivity index (χ3v) is 4.29. The molecular weight excluding hydrogens is 318 g/mol. The molecular formula is C19H21N3O3. The number of furan rings is 1. The van der Waals surface area contributed by atoms with Crippen molar-refractivity contribution in [2.45, 2.75) is 20.0 Å². The van der Waals surface area contributed by atoms with Crippen molar-refractivity contribution in [2.24, 2.45) is 7.05 Å². The minimum Gasteiger partial charge on any atom is -0.464 e. The van der Waals surface area contributed by atoms with Gasteiger partial charge in [0.05, 0.1) is 23.6 Å². The van der Waals surface area contributed by atoms with Crippen LogP contribution in [0.15, 0.2) is 47.1 Å². The number of nitrogens with one attached hydrogen (secondary N) is 1. The summed E-state index contributed by atoms with van der Waals surface area (Å²) in [5.41, 5.74) is 3.70. The quantitative estimate of drug-likeness (QED) is 0.749. The Hall–Kier alpha value is -2.86. The highest BCUT2D eigenvalue weighted by atomic mass is 16.3. The second-order valence-electron chi connectivity index (χ2n) is 5.99. The molecule has 0 saturated heterocycles. The van der Waals surface area contributed by atoms with Crippen LogP contribution in [0.4, 0.5) is 0 Å². The van der Waals surface area contributed by atoms with Crippen molar-refractivity contribution in [1.29, 1.82) is 0 Å². The molecule has 2 N–H and O–H groups in total. The number of hydrogen-bond donors (Lipinski definition) is 2. The molecule has 0 fully saturated rings. The van der Waals surface area contributed by atoms with Gasteiger partial charge < -0.3 is 14.8 Å². The Morgan fingerprint density at radius 2 is 2.00 bits per heavy atom. The third-order valence-electron chi connectivity index (χ3n) is 4.29. The van der Waals surface area contributed by atoms with E-state index in [1.807, 2.05) is 43.3 Å². The van der Waals surface area contributed by atoms with Gasteiger partial charge in [-0.15, -0.1) is 0 Å². The predicted molar refractivity (Wildman–Crippen MR) is 94.1 cm³/mol. The lowest BCUT2D eigenvalue weighted by Crippen LogP contribution is -2.29. The fourth-order valence-corrected chi connectivity index (χ4v) is 2.81. The summed E-state index contributed by atoms with van der Waals surface area (Å²) in [5, 5.41) is 17.3. The van der Waals surface area contributed by atoms with Crippen molar-refractivity contribution < 1.29 is 14.3 Å². The maximum atomic E-state index is 12.4. The number of aryl methyl sites for hydroxylation is 2. The van der Waals surface area contributed by atoms with Crippen LogP contribution in [0.1, 0.15) is 33.4 Å². The number of rotatable bonds is 5. The van der Waals surface area contributed by atoms with Crippen molar-refractivity contribution in [1.82, 2.24) is 15.1 Å².